The van der Waals surface area contributed by atoms with Gasteiger partial charge in [0.05, 0.1) is 21.5 Å². The molecule has 0 radical (unpaired) electrons. The summed E-state index contributed by atoms with van der Waals surface area (Å²) in [6.07, 6.45) is -1.71. The minimum atomic E-state index is -4.45. The van der Waals surface area contributed by atoms with Crippen molar-refractivity contribution in [1.29, 1.82) is 0 Å². The number of benzene rings is 1. The number of thioether (sulfide) groups is 1. The zero-order valence-corrected chi connectivity index (χ0v) is 14.1. The molecule has 0 unspecified atom stereocenters. The van der Waals surface area contributed by atoms with Gasteiger partial charge < -0.3 is 11.1 Å². The summed E-state index contributed by atoms with van der Waals surface area (Å²) in [4.78, 5) is 8.23. The van der Waals surface area contributed by atoms with E-state index in [2.05, 4.69) is 15.3 Å². The van der Waals surface area contributed by atoms with Crippen LogP contribution in [0.4, 0.5) is 24.7 Å². The van der Waals surface area contributed by atoms with Crippen LogP contribution in [0.2, 0.25) is 0 Å². The Morgan fingerprint density at radius 3 is 2.75 bits per heavy atom. The van der Waals surface area contributed by atoms with Crippen LogP contribution in [0.1, 0.15) is 11.1 Å². The van der Waals surface area contributed by atoms with E-state index < -0.39 is 11.7 Å². The largest absolute Gasteiger partial charge is 0.417 e. The third-order valence-electron chi connectivity index (χ3n) is 3.31. The molecule has 2 heterocycles. The van der Waals surface area contributed by atoms with Crippen LogP contribution in [0.15, 0.2) is 34.8 Å². The first kappa shape index (κ1) is 16.8. The third kappa shape index (κ3) is 3.57. The Morgan fingerprint density at radius 2 is 2.08 bits per heavy atom. The van der Waals surface area contributed by atoms with E-state index in [4.69, 9.17) is 5.73 Å². The van der Waals surface area contributed by atoms with Crippen molar-refractivity contribution < 1.29 is 13.2 Å². The maximum absolute atomic E-state index is 12.6. The number of alkyl halides is 3. The highest BCUT2D eigenvalue weighted by atomic mass is 32.2. The van der Waals surface area contributed by atoms with Gasteiger partial charge in [0, 0.05) is 12.7 Å². The van der Waals surface area contributed by atoms with E-state index >= 15 is 0 Å². The predicted octanol–water partition coefficient (Wildman–Crippen LogP) is 4.63. The van der Waals surface area contributed by atoms with Crippen LogP contribution in [0, 0.1) is 0 Å². The molecule has 0 spiro atoms. The van der Waals surface area contributed by atoms with Gasteiger partial charge in [0.1, 0.15) is 5.82 Å². The van der Waals surface area contributed by atoms with E-state index in [1.54, 1.807) is 23.1 Å². The second-order valence-corrected chi connectivity index (χ2v) is 7.08. The van der Waals surface area contributed by atoms with Gasteiger partial charge in [-0.15, -0.1) is 11.3 Å². The molecule has 0 aliphatic rings. The van der Waals surface area contributed by atoms with E-state index in [-0.39, 0.29) is 11.5 Å². The number of nitrogens with one attached hydrogen (secondary N) is 1. The first-order chi connectivity index (χ1) is 11.4. The zero-order chi connectivity index (χ0) is 17.3. The molecule has 0 aliphatic heterocycles. The van der Waals surface area contributed by atoms with Gasteiger partial charge in [-0.05, 0) is 30.0 Å². The second-order valence-electron chi connectivity index (χ2n) is 5.00. The normalized spacial score (nSPS) is 11.8. The molecule has 0 saturated carbocycles. The molecule has 4 nitrogen and oxygen atoms in total. The quantitative estimate of drug-likeness (QED) is 0.656. The molecule has 2 aromatic heterocycles. The van der Waals surface area contributed by atoms with Crippen LogP contribution in [0.25, 0.3) is 10.2 Å². The number of hydrogen-bond donors (Lipinski definition) is 2. The third-order valence-corrected chi connectivity index (χ3v) is 5.32. The van der Waals surface area contributed by atoms with Crippen molar-refractivity contribution in [2.45, 2.75) is 17.1 Å². The number of anilines is 2. The van der Waals surface area contributed by atoms with Crippen LogP contribution >= 0.6 is 23.1 Å². The fraction of sp³-hybridized carbons (Fsp3) is 0.200. The first-order valence-electron chi connectivity index (χ1n) is 6.87. The molecule has 1 aromatic carbocycles. The van der Waals surface area contributed by atoms with Crippen LogP contribution in [-0.2, 0) is 12.7 Å². The van der Waals surface area contributed by atoms with Crippen LogP contribution < -0.4 is 11.1 Å². The maximum Gasteiger partial charge on any atom is 0.417 e. The first-order valence-corrected chi connectivity index (χ1v) is 8.91. The lowest BCUT2D eigenvalue weighted by Crippen LogP contribution is -2.10. The number of thiazole rings is 1. The van der Waals surface area contributed by atoms with Gasteiger partial charge in [-0.2, -0.15) is 13.2 Å². The summed E-state index contributed by atoms with van der Waals surface area (Å²) >= 11 is 3.19. The van der Waals surface area contributed by atoms with Gasteiger partial charge in [0.2, 0.25) is 0 Å². The minimum Gasteiger partial charge on any atom is -0.396 e. The number of hydrogen-bond acceptors (Lipinski definition) is 6. The summed E-state index contributed by atoms with van der Waals surface area (Å²) in [5.74, 6) is 0.234. The average molecular weight is 370 g/mol. The number of rotatable bonds is 4. The number of pyridine rings is 1. The summed E-state index contributed by atoms with van der Waals surface area (Å²) in [6.45, 7) is 0.408. The van der Waals surface area contributed by atoms with Crippen molar-refractivity contribution in [3.8, 4) is 0 Å². The van der Waals surface area contributed by atoms with Crippen molar-refractivity contribution in [2.24, 2.45) is 0 Å². The molecule has 0 bridgehead atoms. The topological polar surface area (TPSA) is 63.8 Å². The van der Waals surface area contributed by atoms with Gasteiger partial charge in [0.15, 0.2) is 4.34 Å². The Labute approximate surface area is 144 Å². The Bertz CT molecular complexity index is 877. The number of halogens is 3. The summed E-state index contributed by atoms with van der Waals surface area (Å²) < 4.78 is 39.9. The lowest BCUT2D eigenvalue weighted by Gasteiger charge is -2.11. The van der Waals surface area contributed by atoms with Crippen molar-refractivity contribution in [2.75, 3.05) is 17.3 Å². The van der Waals surface area contributed by atoms with Gasteiger partial charge in [-0.25, -0.2) is 9.97 Å². The standard InChI is InChI=1S/C15H13F3N4S2/c1-23-14-22-11-3-2-8(4-12(11)24-14)6-20-13-10(19)5-9(7-21-13)15(16,17)18/h2-5,7H,6,19H2,1H3,(H,20,21). The van der Waals surface area contributed by atoms with Crippen molar-refractivity contribution in [3.63, 3.8) is 0 Å². The molecule has 0 aliphatic carbocycles. The smallest absolute Gasteiger partial charge is 0.396 e. The molecule has 3 rings (SSSR count). The van der Waals surface area contributed by atoms with Crippen LogP contribution in [-0.4, -0.2) is 16.2 Å². The number of nitrogen functional groups attached to an aromatic ring is 1. The lowest BCUT2D eigenvalue weighted by molar-refractivity contribution is -0.137. The van der Waals surface area contributed by atoms with Crippen molar-refractivity contribution >= 4 is 44.8 Å². The average Bonchev–Trinajstić information content (AvgIpc) is 2.95. The van der Waals surface area contributed by atoms with E-state index in [0.717, 1.165) is 32.4 Å². The van der Waals surface area contributed by atoms with Gasteiger partial charge >= 0.3 is 6.18 Å². The molecule has 3 N–H and O–H groups in total. The molecule has 0 atom stereocenters. The number of fused-ring (bicyclic) bond motifs is 1. The zero-order valence-electron chi connectivity index (χ0n) is 12.5. The van der Waals surface area contributed by atoms with E-state index in [9.17, 15) is 13.2 Å². The predicted molar refractivity (Wildman–Crippen MR) is 92.4 cm³/mol. The monoisotopic (exact) mass is 370 g/mol. The van der Waals surface area contributed by atoms with Crippen LogP contribution in [0.3, 0.4) is 0 Å². The summed E-state index contributed by atoms with van der Waals surface area (Å²) in [6, 6.07) is 6.72. The highest BCUT2D eigenvalue weighted by Crippen LogP contribution is 2.32. The van der Waals surface area contributed by atoms with E-state index in [1.165, 1.54) is 0 Å². The van der Waals surface area contributed by atoms with Gasteiger partial charge in [0.25, 0.3) is 0 Å². The van der Waals surface area contributed by atoms with E-state index in [0.29, 0.717) is 6.54 Å². The maximum atomic E-state index is 12.6. The fourth-order valence-corrected chi connectivity index (χ4v) is 3.67. The minimum absolute atomic E-state index is 0.0339. The Kier molecular flexibility index (Phi) is 4.55. The number of nitrogens with two attached hydrogens (primary N) is 1. The summed E-state index contributed by atoms with van der Waals surface area (Å²) in [5.41, 5.74) is 6.67. The van der Waals surface area contributed by atoms with Crippen molar-refractivity contribution in [3.05, 3.63) is 41.6 Å². The molecule has 24 heavy (non-hydrogen) atoms. The molecule has 9 heteroatoms. The number of nitrogens with zero attached hydrogens (tertiary/aromatic N) is 2. The second kappa shape index (κ2) is 6.48. The Balaban J connectivity index is 1.75. The molecule has 0 saturated heterocycles. The molecular weight excluding hydrogens is 357 g/mol. The molecule has 3 aromatic rings. The number of aromatic nitrogens is 2. The SMILES string of the molecule is CSc1nc2ccc(CNc3ncc(C(F)(F)F)cc3N)cc2s1. The molecule has 0 amide bonds. The summed E-state index contributed by atoms with van der Waals surface area (Å²) in [7, 11) is 0. The van der Waals surface area contributed by atoms with Crippen LogP contribution in [0.5, 0.6) is 0 Å². The van der Waals surface area contributed by atoms with Gasteiger partial charge in [-0.1, -0.05) is 17.8 Å². The van der Waals surface area contributed by atoms with Crippen molar-refractivity contribution in [1.82, 2.24) is 9.97 Å². The van der Waals surface area contributed by atoms with Gasteiger partial charge in [-0.3, -0.25) is 0 Å². The molecular formula is C15H13F3N4S2. The lowest BCUT2D eigenvalue weighted by atomic mass is 10.2. The highest BCUT2D eigenvalue weighted by Gasteiger charge is 2.31. The Morgan fingerprint density at radius 1 is 1.29 bits per heavy atom. The highest BCUT2D eigenvalue weighted by molar-refractivity contribution is 8.00. The Hall–Kier alpha value is -2.00. The summed E-state index contributed by atoms with van der Waals surface area (Å²) in [5, 5.41) is 2.97. The fourth-order valence-electron chi connectivity index (χ4n) is 2.12. The molecule has 0 fully saturated rings. The molecule has 126 valence electrons. The van der Waals surface area contributed by atoms with E-state index in [1.807, 2.05) is 24.5 Å².